The molecule has 0 saturated carbocycles. The lowest BCUT2D eigenvalue weighted by atomic mass is 10.2. The number of carbonyl (C=O) groups is 1. The Morgan fingerprint density at radius 3 is 2.53 bits per heavy atom. The lowest BCUT2D eigenvalue weighted by Crippen LogP contribution is -2.02. The van der Waals surface area contributed by atoms with Crippen LogP contribution in [0.4, 0.5) is 0 Å². The summed E-state index contributed by atoms with van der Waals surface area (Å²) in [7, 11) is 0. The van der Waals surface area contributed by atoms with Gasteiger partial charge in [0.05, 0.1) is 19.7 Å². The smallest absolute Gasteiger partial charge is 0.171 e. The van der Waals surface area contributed by atoms with E-state index in [9.17, 15) is 4.79 Å². The number of nitrogens with zero attached hydrogens (tertiary/aromatic N) is 1. The first-order valence-corrected chi connectivity index (χ1v) is 8.10. The van der Waals surface area contributed by atoms with E-state index in [2.05, 4.69) is 36.8 Å². The van der Waals surface area contributed by atoms with Crippen LogP contribution in [0.5, 0.6) is 0 Å². The first-order valence-electron chi connectivity index (χ1n) is 4.88. The van der Waals surface area contributed by atoms with Crippen LogP contribution in [0.1, 0.15) is 25.9 Å². The molecule has 6 heteroatoms. The number of ketones is 1. The summed E-state index contributed by atoms with van der Waals surface area (Å²) >= 11 is 9.88. The predicted molar refractivity (Wildman–Crippen MR) is 79.3 cm³/mol. The van der Waals surface area contributed by atoms with Crippen LogP contribution < -0.4 is 0 Å². The minimum atomic E-state index is 0.104. The Bertz CT molecular complexity index is 555. The molecule has 2 aromatic rings. The molecule has 2 aromatic heterocycles. The summed E-state index contributed by atoms with van der Waals surface area (Å²) in [5.74, 6) is 0.104. The van der Waals surface area contributed by atoms with E-state index in [0.29, 0.717) is 6.42 Å². The summed E-state index contributed by atoms with van der Waals surface area (Å²) in [5.41, 5.74) is 1.75. The van der Waals surface area contributed by atoms with Gasteiger partial charge in [-0.3, -0.25) is 4.79 Å². The molecule has 0 aliphatic heterocycles. The predicted octanol–water partition coefficient (Wildman–Crippen LogP) is 4.77. The van der Waals surface area contributed by atoms with Crippen LogP contribution >= 0.6 is 54.5 Å². The minimum Gasteiger partial charge on any atom is -0.294 e. The average Bonchev–Trinajstić information content (AvgIpc) is 2.71. The number of hydrogen-bond acceptors (Lipinski definition) is 4. The molecule has 0 radical (unpaired) electrons. The fourth-order valence-corrected chi connectivity index (χ4v) is 5.17. The van der Waals surface area contributed by atoms with Crippen LogP contribution in [0, 0.1) is 13.8 Å². The molecule has 0 fully saturated rings. The number of carbonyl (C=O) groups excluding carboxylic acids is 1. The lowest BCUT2D eigenvalue weighted by molar-refractivity contribution is 0.0992. The Balaban J connectivity index is 2.19. The second-order valence-electron chi connectivity index (χ2n) is 3.59. The molecule has 2 rings (SSSR count). The second kappa shape index (κ2) is 5.30. The van der Waals surface area contributed by atoms with Gasteiger partial charge in [0.25, 0.3) is 0 Å². The number of thiophene rings is 1. The monoisotopic (exact) mass is 393 g/mol. The van der Waals surface area contributed by atoms with Gasteiger partial charge in [0.15, 0.2) is 5.78 Å². The van der Waals surface area contributed by atoms with Gasteiger partial charge in [0, 0.05) is 10.4 Å². The number of Topliss-reactive ketones (excluding diaryl/α,β-unsaturated/α-hetero) is 1. The van der Waals surface area contributed by atoms with Crippen molar-refractivity contribution in [2.45, 2.75) is 20.3 Å². The Morgan fingerprint density at radius 1 is 1.35 bits per heavy atom. The number of halogens is 2. The maximum absolute atomic E-state index is 12.1. The van der Waals surface area contributed by atoms with Crippen LogP contribution in [0.15, 0.2) is 13.6 Å². The molecule has 0 atom stereocenters. The summed E-state index contributed by atoms with van der Waals surface area (Å²) in [6.45, 7) is 4.00. The SMILES string of the molecule is Cc1nc(CC(=O)c2cc(Br)sc2Br)sc1C. The van der Waals surface area contributed by atoms with Gasteiger partial charge in [-0.05, 0) is 51.8 Å². The normalized spacial score (nSPS) is 10.8. The van der Waals surface area contributed by atoms with Gasteiger partial charge in [-0.15, -0.1) is 22.7 Å². The van der Waals surface area contributed by atoms with E-state index in [1.165, 1.54) is 16.2 Å². The van der Waals surface area contributed by atoms with Crippen molar-refractivity contribution in [2.24, 2.45) is 0 Å². The van der Waals surface area contributed by atoms with Crippen LogP contribution in [-0.4, -0.2) is 10.8 Å². The second-order valence-corrected chi connectivity index (χ2v) is 8.62. The molecule has 2 nitrogen and oxygen atoms in total. The van der Waals surface area contributed by atoms with E-state index in [4.69, 9.17) is 0 Å². The van der Waals surface area contributed by atoms with Gasteiger partial charge >= 0.3 is 0 Å². The topological polar surface area (TPSA) is 30.0 Å². The van der Waals surface area contributed by atoms with Gasteiger partial charge in [-0.1, -0.05) is 0 Å². The maximum Gasteiger partial charge on any atom is 0.171 e. The number of hydrogen-bond donors (Lipinski definition) is 0. The average molecular weight is 395 g/mol. The van der Waals surface area contributed by atoms with Crippen molar-refractivity contribution in [3.63, 3.8) is 0 Å². The quantitative estimate of drug-likeness (QED) is 0.701. The standard InChI is InChI=1S/C11H9Br2NOS2/c1-5-6(2)16-10(14-5)4-8(15)7-3-9(12)17-11(7)13/h3H,4H2,1-2H3. The highest BCUT2D eigenvalue weighted by Gasteiger charge is 2.16. The van der Waals surface area contributed by atoms with Crippen LogP contribution in [0.25, 0.3) is 0 Å². The summed E-state index contributed by atoms with van der Waals surface area (Å²) in [6, 6.07) is 1.85. The van der Waals surface area contributed by atoms with Gasteiger partial charge < -0.3 is 0 Å². The van der Waals surface area contributed by atoms with Gasteiger partial charge in [-0.2, -0.15) is 0 Å². The summed E-state index contributed by atoms with van der Waals surface area (Å²) in [4.78, 5) is 17.7. The van der Waals surface area contributed by atoms with E-state index >= 15 is 0 Å². The highest BCUT2D eigenvalue weighted by molar-refractivity contribution is 9.12. The van der Waals surface area contributed by atoms with Gasteiger partial charge in [0.2, 0.25) is 0 Å². The van der Waals surface area contributed by atoms with Crippen LogP contribution in [-0.2, 0) is 6.42 Å². The van der Waals surface area contributed by atoms with Crippen LogP contribution in [0.3, 0.4) is 0 Å². The largest absolute Gasteiger partial charge is 0.294 e. The first-order chi connectivity index (χ1) is 7.97. The third kappa shape index (κ3) is 3.05. The van der Waals surface area contributed by atoms with E-state index < -0.39 is 0 Å². The van der Waals surface area contributed by atoms with Crippen molar-refractivity contribution in [1.82, 2.24) is 4.98 Å². The molecule has 0 aliphatic carbocycles. The van der Waals surface area contributed by atoms with Crippen molar-refractivity contribution in [1.29, 1.82) is 0 Å². The molecule has 0 spiro atoms. The molecule has 0 aliphatic rings. The van der Waals surface area contributed by atoms with E-state index in [-0.39, 0.29) is 5.78 Å². The zero-order valence-corrected chi connectivity index (χ0v) is 14.0. The van der Waals surface area contributed by atoms with Gasteiger partial charge in [-0.25, -0.2) is 4.98 Å². The molecule has 0 aromatic carbocycles. The highest BCUT2D eigenvalue weighted by atomic mass is 79.9. The third-order valence-corrected chi connectivity index (χ3v) is 5.75. The van der Waals surface area contributed by atoms with Crippen molar-refractivity contribution < 1.29 is 4.79 Å². The molecular weight excluding hydrogens is 386 g/mol. The summed E-state index contributed by atoms with van der Waals surface area (Å²) in [6.07, 6.45) is 0.376. The molecule has 0 N–H and O–H groups in total. The Kier molecular flexibility index (Phi) is 4.18. The molecule has 0 bridgehead atoms. The minimum absolute atomic E-state index is 0.104. The molecule has 0 unspecified atom stereocenters. The van der Waals surface area contributed by atoms with E-state index in [1.54, 1.807) is 11.3 Å². The number of thiazole rings is 1. The summed E-state index contributed by atoms with van der Waals surface area (Å²) < 4.78 is 1.83. The zero-order valence-electron chi connectivity index (χ0n) is 9.21. The van der Waals surface area contributed by atoms with Crippen LogP contribution in [0.2, 0.25) is 0 Å². The van der Waals surface area contributed by atoms with Crippen molar-refractivity contribution >= 4 is 60.3 Å². The molecule has 2 heterocycles. The lowest BCUT2D eigenvalue weighted by Gasteiger charge is -1.95. The Hall–Kier alpha value is -0.0400. The fraction of sp³-hybridized carbons (Fsp3) is 0.273. The first kappa shape index (κ1) is 13.4. The van der Waals surface area contributed by atoms with E-state index in [1.807, 2.05) is 19.9 Å². The molecule has 90 valence electrons. The molecule has 0 amide bonds. The number of rotatable bonds is 3. The highest BCUT2D eigenvalue weighted by Crippen LogP contribution is 2.32. The Morgan fingerprint density at radius 2 is 2.06 bits per heavy atom. The fourth-order valence-electron chi connectivity index (χ4n) is 1.38. The molecule has 0 saturated heterocycles. The number of aryl methyl sites for hydroxylation is 2. The number of aromatic nitrogens is 1. The van der Waals surface area contributed by atoms with E-state index in [0.717, 1.165) is 23.8 Å². The summed E-state index contributed by atoms with van der Waals surface area (Å²) in [5, 5.41) is 0.888. The van der Waals surface area contributed by atoms with Crippen molar-refractivity contribution in [2.75, 3.05) is 0 Å². The van der Waals surface area contributed by atoms with Crippen molar-refractivity contribution in [3.8, 4) is 0 Å². The Labute approximate surface area is 124 Å². The zero-order chi connectivity index (χ0) is 12.6. The maximum atomic E-state index is 12.1. The molecule has 17 heavy (non-hydrogen) atoms. The van der Waals surface area contributed by atoms with Gasteiger partial charge in [0.1, 0.15) is 5.01 Å². The van der Waals surface area contributed by atoms with Crippen molar-refractivity contribution in [3.05, 3.63) is 34.8 Å². The molecular formula is C11H9Br2NOS2. The third-order valence-electron chi connectivity index (χ3n) is 2.34.